The monoisotopic (exact) mass is 301 g/mol. The molecule has 1 atom stereocenters. The second kappa shape index (κ2) is 5.87. The largest absolute Gasteiger partial charge is 0.370 e. The third-order valence-corrected chi connectivity index (χ3v) is 5.36. The van der Waals surface area contributed by atoms with Crippen LogP contribution in [0.4, 0.5) is 14.5 Å². The Morgan fingerprint density at radius 3 is 2.75 bits per heavy atom. The van der Waals surface area contributed by atoms with E-state index in [9.17, 15) is 13.0 Å². The lowest BCUT2D eigenvalue weighted by molar-refractivity contribution is 0.361. The van der Waals surface area contributed by atoms with Crippen molar-refractivity contribution in [2.45, 2.75) is 24.0 Å². The van der Waals surface area contributed by atoms with Crippen LogP contribution < -0.4 is 11.1 Å². The lowest BCUT2D eigenvalue weighted by Gasteiger charge is -2.38. The summed E-state index contributed by atoms with van der Waals surface area (Å²) in [5, 5.41) is 2.52. The van der Waals surface area contributed by atoms with Crippen molar-refractivity contribution in [3.63, 3.8) is 0 Å². The summed E-state index contributed by atoms with van der Waals surface area (Å²) >= 11 is 0. The summed E-state index contributed by atoms with van der Waals surface area (Å²) in [6.07, 6.45) is 4.38. The quantitative estimate of drug-likeness (QED) is 0.660. The van der Waals surface area contributed by atoms with Crippen LogP contribution in [0.3, 0.4) is 0 Å². The number of anilines is 1. The molecule has 2 rings (SSSR count). The molecule has 0 bridgehead atoms. The maximum atomic E-state index is 13.4. The molecule has 1 aliphatic carbocycles. The first kappa shape index (κ1) is 14.9. The molecule has 110 valence electrons. The normalized spacial score (nSPS) is 19.2. The molecule has 20 heavy (non-hydrogen) atoms. The van der Waals surface area contributed by atoms with Gasteiger partial charge in [0.1, 0.15) is 11.6 Å². The fraction of sp³-hybridized carbons (Fsp3) is 0.462. The van der Waals surface area contributed by atoms with E-state index >= 15 is 0 Å². The average molecular weight is 301 g/mol. The van der Waals surface area contributed by atoms with Crippen LogP contribution in [-0.2, 0) is 10.8 Å². The highest BCUT2D eigenvalue weighted by atomic mass is 32.2. The summed E-state index contributed by atoms with van der Waals surface area (Å²) in [5.41, 5.74) is 5.60. The van der Waals surface area contributed by atoms with Gasteiger partial charge < -0.3 is 11.1 Å². The Hall–Kier alpha value is -1.50. The van der Waals surface area contributed by atoms with Gasteiger partial charge in [0.15, 0.2) is 5.96 Å². The van der Waals surface area contributed by atoms with Crippen LogP contribution in [0.15, 0.2) is 23.2 Å². The Kier molecular flexibility index (Phi) is 4.37. The molecule has 0 saturated heterocycles. The first-order valence-electron chi connectivity index (χ1n) is 6.28. The van der Waals surface area contributed by atoms with Crippen LogP contribution in [-0.4, -0.2) is 27.7 Å². The minimum atomic E-state index is -0.978. The topological polar surface area (TPSA) is 67.5 Å². The molecule has 1 aromatic carbocycles. The van der Waals surface area contributed by atoms with Gasteiger partial charge in [-0.05, 0) is 25.0 Å². The van der Waals surface area contributed by atoms with E-state index in [0.29, 0.717) is 6.54 Å². The number of hydrogen-bond acceptors (Lipinski definition) is 2. The highest BCUT2D eigenvalue weighted by Gasteiger charge is 2.40. The van der Waals surface area contributed by atoms with Gasteiger partial charge >= 0.3 is 0 Å². The van der Waals surface area contributed by atoms with Crippen molar-refractivity contribution in [1.82, 2.24) is 0 Å². The number of nitrogens with one attached hydrogen (secondary N) is 1. The molecule has 0 radical (unpaired) electrons. The fourth-order valence-electron chi connectivity index (χ4n) is 2.11. The van der Waals surface area contributed by atoms with E-state index < -0.39 is 22.4 Å². The van der Waals surface area contributed by atoms with E-state index in [1.807, 2.05) is 0 Å². The van der Waals surface area contributed by atoms with E-state index in [1.54, 1.807) is 6.26 Å². The summed E-state index contributed by atoms with van der Waals surface area (Å²) in [6, 6.07) is 3.05. The molecule has 1 saturated carbocycles. The summed E-state index contributed by atoms with van der Waals surface area (Å²) < 4.78 is 37.8. The van der Waals surface area contributed by atoms with Gasteiger partial charge in [0.25, 0.3) is 0 Å². The van der Waals surface area contributed by atoms with Gasteiger partial charge in [-0.15, -0.1) is 0 Å². The van der Waals surface area contributed by atoms with Crippen LogP contribution in [0, 0.1) is 11.6 Å². The Morgan fingerprint density at radius 2 is 2.20 bits per heavy atom. The first-order valence-corrected chi connectivity index (χ1v) is 7.84. The predicted octanol–water partition coefficient (Wildman–Crippen LogP) is 1.99. The SMILES string of the molecule is CS(=O)C1(CN=C(N)Nc2cc(F)ccc2F)CCC1. The molecule has 1 fully saturated rings. The first-order chi connectivity index (χ1) is 9.43. The molecular weight excluding hydrogens is 284 g/mol. The number of hydrogen-bond donors (Lipinski definition) is 2. The van der Waals surface area contributed by atoms with Crippen LogP contribution in [0.1, 0.15) is 19.3 Å². The van der Waals surface area contributed by atoms with Crippen molar-refractivity contribution in [2.75, 3.05) is 18.1 Å². The Morgan fingerprint density at radius 1 is 1.50 bits per heavy atom. The number of halogens is 2. The molecule has 0 spiro atoms. The zero-order chi connectivity index (χ0) is 14.8. The van der Waals surface area contributed by atoms with Crippen molar-refractivity contribution in [1.29, 1.82) is 0 Å². The van der Waals surface area contributed by atoms with Gasteiger partial charge in [-0.25, -0.2) is 8.78 Å². The standard InChI is InChI=1S/C13H17F2N3OS/c1-20(19)13(5-2-6-13)8-17-12(16)18-11-7-9(14)3-4-10(11)15/h3-4,7H,2,5-6,8H2,1H3,(H3,16,17,18). The van der Waals surface area contributed by atoms with Crippen molar-refractivity contribution in [3.05, 3.63) is 29.8 Å². The van der Waals surface area contributed by atoms with Gasteiger partial charge in [0.2, 0.25) is 0 Å². The van der Waals surface area contributed by atoms with E-state index in [-0.39, 0.29) is 16.4 Å². The van der Waals surface area contributed by atoms with Gasteiger partial charge in [0.05, 0.1) is 17.0 Å². The molecular formula is C13H17F2N3OS. The van der Waals surface area contributed by atoms with E-state index in [1.165, 1.54) is 0 Å². The molecule has 1 aromatic rings. The van der Waals surface area contributed by atoms with Crippen LogP contribution in [0.2, 0.25) is 0 Å². The molecule has 3 N–H and O–H groups in total. The Bertz CT molecular complexity index is 559. The van der Waals surface area contributed by atoms with Crippen LogP contribution >= 0.6 is 0 Å². The molecule has 0 amide bonds. The summed E-state index contributed by atoms with van der Waals surface area (Å²) in [5.74, 6) is -1.18. The molecule has 0 aromatic heterocycles. The molecule has 0 aliphatic heterocycles. The number of nitrogens with zero attached hydrogens (tertiary/aromatic N) is 1. The van der Waals surface area contributed by atoms with E-state index in [0.717, 1.165) is 37.5 Å². The molecule has 4 nitrogen and oxygen atoms in total. The van der Waals surface area contributed by atoms with E-state index in [2.05, 4.69) is 10.3 Å². The zero-order valence-corrected chi connectivity index (χ0v) is 12.0. The molecule has 0 heterocycles. The van der Waals surface area contributed by atoms with E-state index in [4.69, 9.17) is 5.73 Å². The van der Waals surface area contributed by atoms with Gasteiger partial charge in [-0.3, -0.25) is 9.20 Å². The smallest absolute Gasteiger partial charge is 0.193 e. The number of rotatable bonds is 4. The predicted molar refractivity (Wildman–Crippen MR) is 77.1 cm³/mol. The van der Waals surface area contributed by atoms with Crippen LogP contribution in [0.5, 0.6) is 0 Å². The molecule has 7 heteroatoms. The minimum absolute atomic E-state index is 0.00813. The number of nitrogens with two attached hydrogens (primary N) is 1. The molecule has 1 aliphatic rings. The maximum absolute atomic E-state index is 13.4. The lowest BCUT2D eigenvalue weighted by Crippen LogP contribution is -2.45. The van der Waals surface area contributed by atoms with Crippen molar-refractivity contribution < 1.29 is 13.0 Å². The second-order valence-corrected chi connectivity index (χ2v) is 6.72. The highest BCUT2D eigenvalue weighted by molar-refractivity contribution is 7.85. The van der Waals surface area contributed by atoms with Crippen molar-refractivity contribution >= 4 is 22.4 Å². The van der Waals surface area contributed by atoms with Gasteiger partial charge in [0, 0.05) is 23.1 Å². The van der Waals surface area contributed by atoms with Gasteiger partial charge in [-0.2, -0.15) is 0 Å². The fourth-order valence-corrected chi connectivity index (χ4v) is 3.22. The lowest BCUT2D eigenvalue weighted by atomic mass is 9.84. The number of benzene rings is 1. The van der Waals surface area contributed by atoms with Crippen molar-refractivity contribution in [2.24, 2.45) is 10.7 Å². The van der Waals surface area contributed by atoms with Gasteiger partial charge in [-0.1, -0.05) is 6.42 Å². The van der Waals surface area contributed by atoms with Crippen molar-refractivity contribution in [3.8, 4) is 0 Å². The molecule has 1 unspecified atom stereocenters. The zero-order valence-electron chi connectivity index (χ0n) is 11.2. The minimum Gasteiger partial charge on any atom is -0.370 e. The Labute approximate surface area is 118 Å². The number of guanidine groups is 1. The third-order valence-electron chi connectivity index (χ3n) is 3.60. The third kappa shape index (κ3) is 3.15. The summed E-state index contributed by atoms with van der Waals surface area (Å²) in [6.45, 7) is 0.325. The number of aliphatic imine (C=N–C) groups is 1. The summed E-state index contributed by atoms with van der Waals surface area (Å²) in [4.78, 5) is 4.11. The second-order valence-electron chi connectivity index (χ2n) is 4.94. The Balaban J connectivity index is 2.04. The summed E-state index contributed by atoms with van der Waals surface area (Å²) in [7, 11) is -0.978. The maximum Gasteiger partial charge on any atom is 0.193 e. The highest BCUT2D eigenvalue weighted by Crippen LogP contribution is 2.37. The average Bonchev–Trinajstić information content (AvgIpc) is 2.32. The van der Waals surface area contributed by atoms with Crippen LogP contribution in [0.25, 0.3) is 0 Å².